The summed E-state index contributed by atoms with van der Waals surface area (Å²) in [5, 5.41) is 8.51. The molecule has 0 fully saturated rings. The summed E-state index contributed by atoms with van der Waals surface area (Å²) in [5.41, 5.74) is 0. The number of rotatable bonds is 14. The molecule has 1 N–H and O–H groups in total. The smallest absolute Gasteiger partial charge is 0.303 e. The SMILES string of the molecule is C=CCC=CCC=CCC=CCC=CCCCCCC(=O)O. The topological polar surface area (TPSA) is 37.3 Å². The number of carbonyl (C=O) groups is 1. The Balaban J connectivity index is 3.38. The van der Waals surface area contributed by atoms with Crippen LogP contribution < -0.4 is 0 Å². The van der Waals surface area contributed by atoms with Gasteiger partial charge in [-0.05, 0) is 44.9 Å². The molecule has 0 aromatic rings. The van der Waals surface area contributed by atoms with Crippen LogP contribution in [-0.2, 0) is 4.79 Å². The van der Waals surface area contributed by atoms with Crippen LogP contribution >= 0.6 is 0 Å². The molecule has 0 amide bonds. The monoisotopic (exact) mass is 302 g/mol. The van der Waals surface area contributed by atoms with Gasteiger partial charge < -0.3 is 5.11 Å². The van der Waals surface area contributed by atoms with E-state index in [0.717, 1.165) is 51.4 Å². The predicted octanol–water partition coefficient (Wildman–Crippen LogP) is 5.99. The molecule has 0 unspecified atom stereocenters. The molecule has 122 valence electrons. The molecule has 0 saturated carbocycles. The zero-order chi connectivity index (χ0) is 16.3. The molecule has 2 heteroatoms. The normalized spacial score (nSPS) is 12.2. The first-order valence-electron chi connectivity index (χ1n) is 8.20. The van der Waals surface area contributed by atoms with Gasteiger partial charge in [0.1, 0.15) is 0 Å². The van der Waals surface area contributed by atoms with Crippen molar-refractivity contribution in [3.05, 3.63) is 61.3 Å². The highest BCUT2D eigenvalue weighted by atomic mass is 16.4. The highest BCUT2D eigenvalue weighted by Crippen LogP contribution is 2.04. The van der Waals surface area contributed by atoms with E-state index in [9.17, 15) is 4.79 Å². The van der Waals surface area contributed by atoms with Gasteiger partial charge in [0.2, 0.25) is 0 Å². The first-order valence-corrected chi connectivity index (χ1v) is 8.20. The molecule has 0 aromatic carbocycles. The summed E-state index contributed by atoms with van der Waals surface area (Å²) in [6.07, 6.45) is 27.4. The Bertz CT molecular complexity index is 387. The van der Waals surface area contributed by atoms with Gasteiger partial charge in [0, 0.05) is 6.42 Å². The Morgan fingerprint density at radius 3 is 1.73 bits per heavy atom. The molecule has 2 nitrogen and oxygen atoms in total. The van der Waals surface area contributed by atoms with Gasteiger partial charge in [-0.1, -0.05) is 61.1 Å². The van der Waals surface area contributed by atoms with Gasteiger partial charge in [-0.3, -0.25) is 4.79 Å². The second-order valence-corrected chi connectivity index (χ2v) is 5.11. The fraction of sp³-hybridized carbons (Fsp3) is 0.450. The van der Waals surface area contributed by atoms with Crippen molar-refractivity contribution < 1.29 is 9.90 Å². The van der Waals surface area contributed by atoms with E-state index < -0.39 is 5.97 Å². The molecule has 0 spiro atoms. The number of hydrogen-bond donors (Lipinski definition) is 1. The van der Waals surface area contributed by atoms with E-state index in [1.54, 1.807) is 0 Å². The number of carboxylic acid groups (broad SMARTS) is 1. The van der Waals surface area contributed by atoms with E-state index in [-0.39, 0.29) is 0 Å². The van der Waals surface area contributed by atoms with Gasteiger partial charge in [0.25, 0.3) is 0 Å². The number of allylic oxidation sites excluding steroid dienone is 9. The van der Waals surface area contributed by atoms with Crippen LogP contribution in [0.25, 0.3) is 0 Å². The maximum atomic E-state index is 10.3. The number of unbranched alkanes of at least 4 members (excludes halogenated alkanes) is 3. The third-order valence-electron chi connectivity index (χ3n) is 3.05. The molecule has 0 aliphatic heterocycles. The third kappa shape index (κ3) is 18.2. The van der Waals surface area contributed by atoms with Crippen LogP contribution in [0, 0.1) is 0 Å². The first-order chi connectivity index (χ1) is 10.8. The Kier molecular flexibility index (Phi) is 15.8. The predicted molar refractivity (Wildman–Crippen MR) is 95.9 cm³/mol. The molecular formula is C20H30O2. The van der Waals surface area contributed by atoms with E-state index in [1.807, 2.05) is 6.08 Å². The maximum absolute atomic E-state index is 10.3. The maximum Gasteiger partial charge on any atom is 0.303 e. The average Bonchev–Trinajstić information content (AvgIpc) is 2.50. The third-order valence-corrected chi connectivity index (χ3v) is 3.05. The fourth-order valence-electron chi connectivity index (χ4n) is 1.84. The van der Waals surface area contributed by atoms with Crippen molar-refractivity contribution in [2.45, 2.75) is 57.8 Å². The summed E-state index contributed by atoms with van der Waals surface area (Å²) in [5.74, 6) is -0.692. The Labute approximate surface area is 135 Å². The van der Waals surface area contributed by atoms with Crippen LogP contribution in [0.4, 0.5) is 0 Å². The summed E-state index contributed by atoms with van der Waals surface area (Å²) >= 11 is 0. The lowest BCUT2D eigenvalue weighted by Crippen LogP contribution is -1.93. The highest BCUT2D eigenvalue weighted by molar-refractivity contribution is 5.66. The van der Waals surface area contributed by atoms with Gasteiger partial charge in [0.05, 0.1) is 0 Å². The molecule has 22 heavy (non-hydrogen) atoms. The van der Waals surface area contributed by atoms with Crippen LogP contribution in [-0.4, -0.2) is 11.1 Å². The van der Waals surface area contributed by atoms with E-state index in [1.165, 1.54) is 0 Å². The minimum atomic E-state index is -0.692. The second kappa shape index (κ2) is 17.2. The molecule has 0 aromatic heterocycles. The average molecular weight is 302 g/mol. The van der Waals surface area contributed by atoms with E-state index in [2.05, 4.69) is 55.2 Å². The molecular weight excluding hydrogens is 272 g/mol. The lowest BCUT2D eigenvalue weighted by atomic mass is 10.1. The molecule has 0 heterocycles. The van der Waals surface area contributed by atoms with Crippen LogP contribution in [0.15, 0.2) is 61.3 Å². The van der Waals surface area contributed by atoms with Gasteiger partial charge >= 0.3 is 5.97 Å². The Hall–Kier alpha value is -1.83. The van der Waals surface area contributed by atoms with E-state index in [4.69, 9.17) is 5.11 Å². The van der Waals surface area contributed by atoms with Crippen molar-refractivity contribution >= 4 is 5.97 Å². The van der Waals surface area contributed by atoms with E-state index >= 15 is 0 Å². The fourth-order valence-corrected chi connectivity index (χ4v) is 1.84. The number of aliphatic carboxylic acids is 1. The van der Waals surface area contributed by atoms with Crippen LogP contribution in [0.1, 0.15) is 57.8 Å². The van der Waals surface area contributed by atoms with E-state index in [0.29, 0.717) is 6.42 Å². The van der Waals surface area contributed by atoms with Crippen molar-refractivity contribution in [2.75, 3.05) is 0 Å². The minimum absolute atomic E-state index is 0.296. The van der Waals surface area contributed by atoms with Crippen molar-refractivity contribution in [1.29, 1.82) is 0 Å². The van der Waals surface area contributed by atoms with Crippen LogP contribution in [0.2, 0.25) is 0 Å². The quantitative estimate of drug-likeness (QED) is 0.316. The molecule has 0 aliphatic carbocycles. The van der Waals surface area contributed by atoms with Gasteiger partial charge in [0.15, 0.2) is 0 Å². The summed E-state index contributed by atoms with van der Waals surface area (Å²) in [4.78, 5) is 10.3. The summed E-state index contributed by atoms with van der Waals surface area (Å²) in [6, 6.07) is 0. The summed E-state index contributed by atoms with van der Waals surface area (Å²) < 4.78 is 0. The standard InChI is InChI=1S/C20H30O2/c1-2-3-4-5-6-7-8-9-10-11-12-13-14-15-16-17-18-19-20(21)22/h2,4-5,7-8,10-11,13-14H,1,3,6,9,12,15-19H2,(H,21,22). The Morgan fingerprint density at radius 1 is 0.727 bits per heavy atom. The molecule has 0 saturated heterocycles. The largest absolute Gasteiger partial charge is 0.481 e. The van der Waals surface area contributed by atoms with Crippen molar-refractivity contribution in [3.8, 4) is 0 Å². The minimum Gasteiger partial charge on any atom is -0.481 e. The lowest BCUT2D eigenvalue weighted by molar-refractivity contribution is -0.137. The van der Waals surface area contributed by atoms with Crippen LogP contribution in [0.5, 0.6) is 0 Å². The summed E-state index contributed by atoms with van der Waals surface area (Å²) in [6.45, 7) is 3.67. The van der Waals surface area contributed by atoms with Crippen LogP contribution in [0.3, 0.4) is 0 Å². The van der Waals surface area contributed by atoms with Gasteiger partial charge in [-0.15, -0.1) is 6.58 Å². The molecule has 0 atom stereocenters. The number of hydrogen-bond acceptors (Lipinski definition) is 1. The second-order valence-electron chi connectivity index (χ2n) is 5.11. The molecule has 0 aliphatic rings. The lowest BCUT2D eigenvalue weighted by Gasteiger charge is -1.94. The molecule has 0 radical (unpaired) electrons. The summed E-state index contributed by atoms with van der Waals surface area (Å²) in [7, 11) is 0. The number of carboxylic acids is 1. The van der Waals surface area contributed by atoms with Crippen molar-refractivity contribution in [1.82, 2.24) is 0 Å². The Morgan fingerprint density at radius 2 is 1.23 bits per heavy atom. The first kappa shape index (κ1) is 20.2. The van der Waals surface area contributed by atoms with Gasteiger partial charge in [-0.25, -0.2) is 0 Å². The van der Waals surface area contributed by atoms with Crippen molar-refractivity contribution in [2.24, 2.45) is 0 Å². The zero-order valence-electron chi connectivity index (χ0n) is 13.6. The zero-order valence-corrected chi connectivity index (χ0v) is 13.6. The molecule has 0 rings (SSSR count). The van der Waals surface area contributed by atoms with Crippen molar-refractivity contribution in [3.63, 3.8) is 0 Å². The van der Waals surface area contributed by atoms with Gasteiger partial charge in [-0.2, -0.15) is 0 Å². The molecule has 0 bridgehead atoms. The highest BCUT2D eigenvalue weighted by Gasteiger charge is 1.94.